The molecule has 0 saturated carbocycles. The summed E-state index contributed by atoms with van der Waals surface area (Å²) in [6.07, 6.45) is 35.0. The van der Waals surface area contributed by atoms with Gasteiger partial charge in [-0.15, -0.1) is 0 Å². The second-order valence-corrected chi connectivity index (χ2v) is 12.6. The second kappa shape index (κ2) is 27.9. The smallest absolute Gasteiger partial charge is 0.744 e. The minimum atomic E-state index is -4.36. The van der Waals surface area contributed by atoms with Crippen LogP contribution in [-0.2, 0) is 16.5 Å². The summed E-state index contributed by atoms with van der Waals surface area (Å²) in [4.78, 5) is -0.0423. The topological polar surface area (TPSA) is 57.2 Å². The van der Waals surface area contributed by atoms with E-state index in [1.165, 1.54) is 154 Å². The molecular formula is C33H59KO3S. The molecular weight excluding hydrogens is 516 g/mol. The Kier molecular flexibility index (Phi) is 28.5. The molecule has 0 aliphatic carbocycles. The van der Waals surface area contributed by atoms with Crippen molar-refractivity contribution in [2.24, 2.45) is 0 Å². The molecule has 0 unspecified atom stereocenters. The van der Waals surface area contributed by atoms with Gasteiger partial charge in [0.25, 0.3) is 0 Å². The summed E-state index contributed by atoms with van der Waals surface area (Å²) >= 11 is 0. The fraction of sp³-hybridized carbons (Fsp3) is 0.818. The molecule has 1 rings (SSSR count). The summed E-state index contributed by atoms with van der Waals surface area (Å²) in [5, 5.41) is 0. The maximum Gasteiger partial charge on any atom is 1.00 e. The normalized spacial score (nSPS) is 11.5. The summed E-state index contributed by atoms with van der Waals surface area (Å²) in [5.74, 6) is 0. The fourth-order valence-electron chi connectivity index (χ4n) is 5.41. The van der Waals surface area contributed by atoms with Gasteiger partial charge < -0.3 is 4.55 Å². The predicted molar refractivity (Wildman–Crippen MR) is 159 cm³/mol. The van der Waals surface area contributed by atoms with Gasteiger partial charge in [0.05, 0.1) is 4.90 Å². The molecule has 0 fully saturated rings. The van der Waals surface area contributed by atoms with Crippen LogP contribution in [0.2, 0.25) is 0 Å². The van der Waals surface area contributed by atoms with E-state index in [4.69, 9.17) is 0 Å². The van der Waals surface area contributed by atoms with Gasteiger partial charge in [0.2, 0.25) is 0 Å². The van der Waals surface area contributed by atoms with Crippen molar-refractivity contribution in [1.82, 2.24) is 0 Å². The van der Waals surface area contributed by atoms with E-state index in [1.807, 2.05) is 6.07 Å². The Hall–Kier alpha value is 0.766. The maximum absolute atomic E-state index is 11.3. The zero-order valence-electron chi connectivity index (χ0n) is 25.3. The molecule has 1 aromatic carbocycles. The first kappa shape index (κ1) is 38.8. The molecule has 0 spiro atoms. The van der Waals surface area contributed by atoms with Gasteiger partial charge in [-0.3, -0.25) is 0 Å². The van der Waals surface area contributed by atoms with Crippen molar-refractivity contribution in [3.63, 3.8) is 0 Å². The molecule has 0 N–H and O–H groups in total. The zero-order valence-corrected chi connectivity index (χ0v) is 29.3. The van der Waals surface area contributed by atoms with Crippen LogP contribution in [0.5, 0.6) is 0 Å². The Balaban J connectivity index is 0.0000137. The Morgan fingerprint density at radius 2 is 0.789 bits per heavy atom. The Labute approximate surface area is 280 Å². The molecule has 1 aromatic rings. The fourth-order valence-corrected chi connectivity index (χ4v) is 6.15. The van der Waals surface area contributed by atoms with E-state index in [-0.39, 0.29) is 56.3 Å². The van der Waals surface area contributed by atoms with Crippen LogP contribution in [0.1, 0.15) is 173 Å². The van der Waals surface area contributed by atoms with Crippen molar-refractivity contribution in [2.45, 2.75) is 179 Å². The number of rotatable bonds is 27. The molecule has 0 heterocycles. The summed E-state index contributed by atoms with van der Waals surface area (Å²) in [7, 11) is -4.36. The summed E-state index contributed by atoms with van der Waals surface area (Å²) < 4.78 is 34.0. The van der Waals surface area contributed by atoms with E-state index in [2.05, 4.69) is 6.92 Å². The second-order valence-electron chi connectivity index (χ2n) is 11.3. The molecule has 0 aliphatic heterocycles. The minimum absolute atomic E-state index is 0. The van der Waals surface area contributed by atoms with E-state index in [9.17, 15) is 13.0 Å². The average Bonchev–Trinajstić information content (AvgIpc) is 2.88. The number of hydrogen-bond acceptors (Lipinski definition) is 3. The van der Waals surface area contributed by atoms with Gasteiger partial charge in [0.1, 0.15) is 10.1 Å². The molecule has 5 heteroatoms. The molecule has 0 aromatic heterocycles. The first-order valence-electron chi connectivity index (χ1n) is 16.1. The van der Waals surface area contributed by atoms with Crippen LogP contribution in [-0.4, -0.2) is 13.0 Å². The Bertz CT molecular complexity index is 736. The molecule has 0 radical (unpaired) electrons. The number of benzene rings is 1. The van der Waals surface area contributed by atoms with Crippen molar-refractivity contribution in [3.8, 4) is 0 Å². The van der Waals surface area contributed by atoms with Gasteiger partial charge in [0, 0.05) is 0 Å². The van der Waals surface area contributed by atoms with Crippen molar-refractivity contribution < 1.29 is 64.4 Å². The van der Waals surface area contributed by atoms with Crippen LogP contribution in [0, 0.1) is 0 Å². The molecule has 0 bridgehead atoms. The van der Waals surface area contributed by atoms with Crippen molar-refractivity contribution in [2.75, 3.05) is 0 Å². The van der Waals surface area contributed by atoms with Crippen LogP contribution < -0.4 is 51.4 Å². The molecule has 0 aliphatic rings. The number of hydrogen-bond donors (Lipinski definition) is 0. The maximum atomic E-state index is 11.3. The summed E-state index contributed by atoms with van der Waals surface area (Å²) in [6, 6.07) is 6.63. The van der Waals surface area contributed by atoms with E-state index < -0.39 is 10.1 Å². The van der Waals surface area contributed by atoms with Gasteiger partial charge in [0.15, 0.2) is 0 Å². The average molecular weight is 575 g/mol. The van der Waals surface area contributed by atoms with Crippen LogP contribution in [0.15, 0.2) is 29.2 Å². The number of unbranched alkanes of at least 4 members (excludes halogenated alkanes) is 24. The standard InChI is InChI=1S/C33H60O3S.K/c1-2-3-4-5-6-7-8-9-10-11-12-13-14-15-16-17-18-19-20-21-22-23-24-25-26-29-32-30-27-28-31-33(32)37(34,35)36;/h27-28,30-31H,2-26,29H2,1H3,(H,34,35,36);/q;+1/p-1. The van der Waals surface area contributed by atoms with Gasteiger partial charge in [-0.1, -0.05) is 179 Å². The van der Waals surface area contributed by atoms with Gasteiger partial charge >= 0.3 is 51.4 Å². The van der Waals surface area contributed by atoms with E-state index in [0.29, 0.717) is 12.0 Å². The molecule has 38 heavy (non-hydrogen) atoms. The third-order valence-electron chi connectivity index (χ3n) is 7.79. The van der Waals surface area contributed by atoms with E-state index in [1.54, 1.807) is 12.1 Å². The number of aryl methyl sites for hydroxylation is 1. The van der Waals surface area contributed by atoms with E-state index in [0.717, 1.165) is 12.8 Å². The Morgan fingerprint density at radius 3 is 1.11 bits per heavy atom. The van der Waals surface area contributed by atoms with Crippen molar-refractivity contribution in [1.29, 1.82) is 0 Å². The SMILES string of the molecule is CCCCCCCCCCCCCCCCCCCCCCCCCCCc1ccccc1S(=O)(=O)[O-].[K+]. The minimum Gasteiger partial charge on any atom is -0.744 e. The third-order valence-corrected chi connectivity index (χ3v) is 8.73. The zero-order chi connectivity index (χ0) is 26.9. The van der Waals surface area contributed by atoms with E-state index >= 15 is 0 Å². The van der Waals surface area contributed by atoms with Crippen LogP contribution in [0.4, 0.5) is 0 Å². The van der Waals surface area contributed by atoms with Gasteiger partial charge in [-0.25, -0.2) is 8.42 Å². The summed E-state index contributed by atoms with van der Waals surface area (Å²) in [5.41, 5.74) is 0.673. The van der Waals surface area contributed by atoms with Crippen LogP contribution in [0.3, 0.4) is 0 Å². The first-order valence-corrected chi connectivity index (χ1v) is 17.5. The summed E-state index contributed by atoms with van der Waals surface area (Å²) in [6.45, 7) is 2.29. The Morgan fingerprint density at radius 1 is 0.500 bits per heavy atom. The third kappa shape index (κ3) is 23.5. The monoisotopic (exact) mass is 574 g/mol. The molecule has 0 amide bonds. The van der Waals surface area contributed by atoms with Crippen molar-refractivity contribution >= 4 is 10.1 Å². The van der Waals surface area contributed by atoms with Crippen molar-refractivity contribution in [3.05, 3.63) is 29.8 Å². The van der Waals surface area contributed by atoms with Gasteiger partial charge in [-0.05, 0) is 24.5 Å². The van der Waals surface area contributed by atoms with Crippen LogP contribution >= 0.6 is 0 Å². The van der Waals surface area contributed by atoms with Crippen LogP contribution in [0.25, 0.3) is 0 Å². The largest absolute Gasteiger partial charge is 1.00 e. The first-order chi connectivity index (χ1) is 18.1. The molecule has 3 nitrogen and oxygen atoms in total. The molecule has 216 valence electrons. The van der Waals surface area contributed by atoms with Gasteiger partial charge in [-0.2, -0.15) is 0 Å². The molecule has 0 saturated heterocycles. The molecule has 0 atom stereocenters. The quantitative estimate of drug-likeness (QED) is 0.0609. The predicted octanol–water partition coefficient (Wildman–Crippen LogP) is 7.91.